The first kappa shape index (κ1) is 11.2. The molecule has 0 aliphatic rings. The molecule has 0 unspecified atom stereocenters. The summed E-state index contributed by atoms with van der Waals surface area (Å²) in [5, 5.41) is 0. The molecule has 0 fully saturated rings. The van der Waals surface area contributed by atoms with Gasteiger partial charge >= 0.3 is 72.0 Å². The van der Waals surface area contributed by atoms with Crippen molar-refractivity contribution in [3.05, 3.63) is 3.92 Å². The zero-order chi connectivity index (χ0) is 8.69. The van der Waals surface area contributed by atoms with E-state index >= 15 is 0 Å². The molecule has 0 aromatic heterocycles. The maximum absolute atomic E-state index is 11.2. The zero-order valence-corrected chi connectivity index (χ0v) is 9.46. The molecule has 0 amide bonds. The molecule has 0 rings (SSSR count). The molecular weight excluding hydrogens is 410 g/mol. The molecule has 9 heteroatoms. The van der Waals surface area contributed by atoms with Crippen molar-refractivity contribution in [2.24, 2.45) is 0 Å². The number of halogens is 7. The normalized spacial score (nSPS) is 19.5. The fourth-order valence-electron chi connectivity index (χ4n) is 0.119. The molecule has 64 valence electrons. The maximum atomic E-state index is 11.2. The summed E-state index contributed by atoms with van der Waals surface area (Å²) in [6.07, 6.45) is 0. The van der Waals surface area contributed by atoms with Gasteiger partial charge in [-0.05, 0) is 0 Å². The Morgan fingerprint density at radius 2 is 1.30 bits per heavy atom. The van der Waals surface area contributed by atoms with E-state index in [-0.39, 0.29) is 0 Å². The van der Waals surface area contributed by atoms with Gasteiger partial charge in [0.05, 0.1) is 0 Å². The molecular formula is CBr2F5OTe+. The third-order valence-corrected chi connectivity index (χ3v) is 3.25. The minimum atomic E-state index is -10.5. The Morgan fingerprint density at radius 1 is 1.00 bits per heavy atom. The number of rotatable bonds is 2. The van der Waals surface area contributed by atoms with Gasteiger partial charge in [-0.15, -0.1) is 0 Å². The molecule has 0 saturated heterocycles. The second kappa shape index (κ2) is 2.13. The summed E-state index contributed by atoms with van der Waals surface area (Å²) in [6, 6.07) is 0. The van der Waals surface area contributed by atoms with Gasteiger partial charge in [-0.2, -0.15) is 0 Å². The Bertz CT molecular complexity index is 134. The molecule has 0 aliphatic heterocycles. The Balaban J connectivity index is 4.43. The Kier molecular flexibility index (Phi) is 2.39. The molecule has 0 atom stereocenters. The molecule has 10 heavy (non-hydrogen) atoms. The van der Waals surface area contributed by atoms with Gasteiger partial charge in [0.1, 0.15) is 0 Å². The van der Waals surface area contributed by atoms with Crippen molar-refractivity contribution < 1.29 is 17.6 Å². The average Bonchev–Trinajstić information content (AvgIpc) is 1.12. The average molecular weight is 410 g/mol. The van der Waals surface area contributed by atoms with Gasteiger partial charge in [0.25, 0.3) is 0 Å². The van der Waals surface area contributed by atoms with E-state index < -0.39 is 22.6 Å². The van der Waals surface area contributed by atoms with Crippen LogP contribution in [0, 0.1) is 3.92 Å². The second-order valence-electron chi connectivity index (χ2n) is 1.21. The van der Waals surface area contributed by atoms with Crippen LogP contribution in [0.1, 0.15) is 0 Å². The van der Waals surface area contributed by atoms with Crippen LogP contribution in [-0.4, -0.2) is 18.7 Å². The summed E-state index contributed by atoms with van der Waals surface area (Å²) in [7, 11) is 0. The van der Waals surface area contributed by atoms with Gasteiger partial charge < -0.3 is 0 Å². The van der Waals surface area contributed by atoms with E-state index in [1.54, 1.807) is 0 Å². The van der Waals surface area contributed by atoms with E-state index in [0.717, 1.165) is 0 Å². The second-order valence-corrected chi connectivity index (χ2v) is 9.31. The molecule has 0 aromatic carbocycles. The molecule has 1 nitrogen and oxygen atoms in total. The predicted molar refractivity (Wildman–Crippen MR) is 33.5 cm³/mol. The first-order chi connectivity index (χ1) is 3.89. The molecule has 0 saturated carbocycles. The molecule has 0 aliphatic carbocycles. The van der Waals surface area contributed by atoms with Crippen LogP contribution < -0.4 is 0 Å². The van der Waals surface area contributed by atoms with Crippen molar-refractivity contribution in [1.82, 2.24) is 0 Å². The van der Waals surface area contributed by atoms with Gasteiger partial charge in [0.15, 0.2) is 0 Å². The van der Waals surface area contributed by atoms with Gasteiger partial charge in [0, 0.05) is 0 Å². The van der Waals surface area contributed by atoms with Gasteiger partial charge in [0.2, 0.25) is 0 Å². The summed E-state index contributed by atoms with van der Waals surface area (Å²) < 4.78 is 57.4. The summed E-state index contributed by atoms with van der Waals surface area (Å²) in [4.78, 5) is 0. The Labute approximate surface area is 71.7 Å². The van der Waals surface area contributed by atoms with E-state index in [4.69, 9.17) is 0 Å². The summed E-state index contributed by atoms with van der Waals surface area (Å²) in [6.45, 7) is 0. The quantitative estimate of drug-likeness (QED) is 0.385. The summed E-state index contributed by atoms with van der Waals surface area (Å²) >= 11 is -6.43. The van der Waals surface area contributed by atoms with Gasteiger partial charge in [-0.25, -0.2) is 0 Å². The molecule has 0 N–H and O–H groups in total. The first-order valence-corrected chi connectivity index (χ1v) is 8.46. The van der Waals surface area contributed by atoms with Crippen LogP contribution in [0.15, 0.2) is 0 Å². The fourth-order valence-corrected chi connectivity index (χ4v) is 4.15. The summed E-state index contributed by atoms with van der Waals surface area (Å²) in [5.41, 5.74) is 0. The third kappa shape index (κ3) is 9.23. The number of hydrogen-bond donors (Lipinski definition) is 0. The Hall–Kier alpha value is 1.23. The van der Waals surface area contributed by atoms with Crippen LogP contribution in [0.3, 0.4) is 0 Å². The van der Waals surface area contributed by atoms with Crippen molar-refractivity contribution in [1.29, 1.82) is 0 Å². The fraction of sp³-hybridized carbons (Fsp3) is 0. The van der Waals surface area contributed by atoms with Crippen LogP contribution in [0.2, 0.25) is 0 Å². The van der Waals surface area contributed by atoms with E-state index in [0.29, 0.717) is 0 Å². The van der Waals surface area contributed by atoms with Crippen molar-refractivity contribution in [2.45, 2.75) is 0 Å². The van der Waals surface area contributed by atoms with Crippen LogP contribution in [-0.2, 0) is 3.10 Å². The van der Waals surface area contributed by atoms with Crippen molar-refractivity contribution in [3.8, 4) is 0 Å². The minimum absolute atomic E-state index is 1.16. The van der Waals surface area contributed by atoms with Crippen LogP contribution in [0.25, 0.3) is 0 Å². The van der Waals surface area contributed by atoms with E-state index in [1.165, 1.54) is 0 Å². The first-order valence-electron chi connectivity index (χ1n) is 1.52. The van der Waals surface area contributed by atoms with E-state index in [1.807, 2.05) is 31.9 Å². The Morgan fingerprint density at radius 3 is 1.30 bits per heavy atom. The van der Waals surface area contributed by atoms with Gasteiger partial charge in [-0.1, -0.05) is 0 Å². The van der Waals surface area contributed by atoms with E-state index in [9.17, 15) is 14.5 Å². The topological polar surface area (TPSA) is 9.23 Å². The summed E-state index contributed by atoms with van der Waals surface area (Å²) in [5.74, 6) is 0. The van der Waals surface area contributed by atoms with Crippen LogP contribution in [0.5, 0.6) is 0 Å². The molecule has 0 aromatic rings. The third-order valence-electron chi connectivity index (χ3n) is 0.220. The number of hydrogen-bond acceptors (Lipinski definition) is 1. The predicted octanol–water partition coefficient (Wildman–Crippen LogP) is 3.42. The molecule has 0 spiro atoms. The molecule has 0 radical (unpaired) electrons. The van der Waals surface area contributed by atoms with Crippen molar-refractivity contribution in [3.63, 3.8) is 0 Å². The van der Waals surface area contributed by atoms with Crippen LogP contribution in [0.4, 0.5) is 14.5 Å². The van der Waals surface area contributed by atoms with E-state index in [2.05, 4.69) is 3.10 Å². The monoisotopic (exact) mass is 411 g/mol. The van der Waals surface area contributed by atoms with Crippen LogP contribution >= 0.6 is 31.9 Å². The van der Waals surface area contributed by atoms with Gasteiger partial charge in [-0.3, -0.25) is 0 Å². The molecule has 0 heterocycles. The molecule has 0 bridgehead atoms. The standard InChI is InChI=1S/CBr2F5OTe/c2-1(3)9-10(4,5,6,7)8/q+1. The SMILES string of the molecule is F[Te](F)(F)(F)(F)O[C+](Br)Br. The van der Waals surface area contributed by atoms with Crippen molar-refractivity contribution >= 4 is 50.5 Å². The zero-order valence-electron chi connectivity index (χ0n) is 3.96. The van der Waals surface area contributed by atoms with Crippen molar-refractivity contribution in [2.75, 3.05) is 0 Å².